The topological polar surface area (TPSA) is 65.2 Å². The van der Waals surface area contributed by atoms with E-state index in [2.05, 4.69) is 10.3 Å². The Hall–Kier alpha value is -2.30. The summed E-state index contributed by atoms with van der Waals surface area (Å²) in [6.07, 6.45) is 0. The number of rotatable bonds is 5. The number of fused-ring (bicyclic) bond motifs is 1. The Kier molecular flexibility index (Phi) is 4.62. The largest absolute Gasteiger partial charge is 0.351 e. The number of carbonyl (C=O) groups excluding carboxylic acids is 2. The van der Waals surface area contributed by atoms with Crippen molar-refractivity contribution >= 4 is 22.7 Å². The van der Waals surface area contributed by atoms with Gasteiger partial charge in [-0.25, -0.2) is 0 Å². The molecule has 0 aliphatic rings. The number of hydrogen-bond acceptors (Lipinski definition) is 2. The molecule has 112 valence electrons. The van der Waals surface area contributed by atoms with Crippen LogP contribution in [0.1, 0.15) is 31.3 Å². The minimum Gasteiger partial charge on any atom is -0.351 e. The van der Waals surface area contributed by atoms with E-state index in [1.54, 1.807) is 17.9 Å². The van der Waals surface area contributed by atoms with Gasteiger partial charge in [0.05, 0.1) is 0 Å². The first-order valence-corrected chi connectivity index (χ1v) is 7.24. The molecule has 0 radical (unpaired) electrons. The van der Waals surface area contributed by atoms with Crippen molar-refractivity contribution in [2.24, 2.45) is 0 Å². The van der Waals surface area contributed by atoms with E-state index in [4.69, 9.17) is 0 Å². The summed E-state index contributed by atoms with van der Waals surface area (Å²) in [4.78, 5) is 29.1. The van der Waals surface area contributed by atoms with Gasteiger partial charge in [-0.3, -0.25) is 9.59 Å². The van der Waals surface area contributed by atoms with Gasteiger partial charge in [0.2, 0.25) is 5.91 Å². The highest BCUT2D eigenvalue weighted by Crippen LogP contribution is 2.14. The molecule has 1 unspecified atom stereocenters. The van der Waals surface area contributed by atoms with E-state index in [-0.39, 0.29) is 11.8 Å². The van der Waals surface area contributed by atoms with Gasteiger partial charge >= 0.3 is 0 Å². The Balaban J connectivity index is 2.08. The van der Waals surface area contributed by atoms with E-state index in [1.807, 2.05) is 38.1 Å². The fourth-order valence-electron chi connectivity index (χ4n) is 2.34. The van der Waals surface area contributed by atoms with Gasteiger partial charge in [-0.2, -0.15) is 0 Å². The number of nitrogens with one attached hydrogen (secondary N) is 2. The van der Waals surface area contributed by atoms with E-state index in [0.717, 1.165) is 10.9 Å². The number of likely N-dealkylation sites (N-methyl/N-ethyl adjacent to an activating group) is 1. The number of aromatic amines is 1. The highest BCUT2D eigenvalue weighted by atomic mass is 16.2. The van der Waals surface area contributed by atoms with Gasteiger partial charge in [-0.05, 0) is 32.9 Å². The minimum atomic E-state index is -0.538. The molecule has 0 saturated heterocycles. The monoisotopic (exact) mass is 287 g/mol. The molecule has 0 aliphatic heterocycles. The molecule has 1 aromatic carbocycles. The molecule has 0 spiro atoms. The first-order chi connectivity index (χ1) is 10.1. The van der Waals surface area contributed by atoms with Gasteiger partial charge in [-0.1, -0.05) is 18.2 Å². The maximum atomic E-state index is 12.2. The van der Waals surface area contributed by atoms with Crippen molar-refractivity contribution in [2.75, 3.05) is 13.1 Å². The maximum Gasteiger partial charge on any atom is 0.268 e. The zero-order valence-electron chi connectivity index (χ0n) is 12.6. The molecule has 0 saturated carbocycles. The third kappa shape index (κ3) is 3.24. The van der Waals surface area contributed by atoms with Crippen molar-refractivity contribution in [3.05, 3.63) is 36.0 Å². The third-order valence-corrected chi connectivity index (χ3v) is 3.57. The molecule has 0 bridgehead atoms. The molecule has 5 heteroatoms. The molecule has 1 atom stereocenters. The molecule has 1 heterocycles. The van der Waals surface area contributed by atoms with Crippen LogP contribution >= 0.6 is 0 Å². The van der Waals surface area contributed by atoms with Crippen molar-refractivity contribution < 1.29 is 9.59 Å². The first kappa shape index (κ1) is 15.1. The molecule has 0 fully saturated rings. The van der Waals surface area contributed by atoms with Gasteiger partial charge in [0.25, 0.3) is 5.91 Å². The van der Waals surface area contributed by atoms with E-state index in [9.17, 15) is 9.59 Å². The zero-order chi connectivity index (χ0) is 15.4. The highest BCUT2D eigenvalue weighted by molar-refractivity contribution is 6.00. The van der Waals surface area contributed by atoms with Crippen LogP contribution in [0.15, 0.2) is 30.3 Å². The molecular formula is C16H21N3O2. The fourth-order valence-corrected chi connectivity index (χ4v) is 2.34. The third-order valence-electron chi connectivity index (χ3n) is 3.57. The minimum absolute atomic E-state index is 0.0653. The van der Waals surface area contributed by atoms with Crippen molar-refractivity contribution in [1.82, 2.24) is 15.2 Å². The fraction of sp³-hybridized carbons (Fsp3) is 0.375. The Morgan fingerprint density at radius 1 is 1.24 bits per heavy atom. The number of carbonyl (C=O) groups is 2. The van der Waals surface area contributed by atoms with Crippen molar-refractivity contribution in [2.45, 2.75) is 26.8 Å². The van der Waals surface area contributed by atoms with Crippen LogP contribution in [-0.4, -0.2) is 40.8 Å². The number of nitrogens with zero attached hydrogens (tertiary/aromatic N) is 1. The van der Waals surface area contributed by atoms with Gasteiger partial charge in [0.1, 0.15) is 11.7 Å². The zero-order valence-corrected chi connectivity index (χ0v) is 12.6. The lowest BCUT2D eigenvalue weighted by atomic mass is 10.2. The number of para-hydroxylation sites is 1. The van der Waals surface area contributed by atoms with Crippen LogP contribution in [0.3, 0.4) is 0 Å². The molecule has 0 aliphatic carbocycles. The number of H-pyrrole nitrogens is 1. The summed E-state index contributed by atoms with van der Waals surface area (Å²) in [5.41, 5.74) is 1.38. The lowest BCUT2D eigenvalue weighted by molar-refractivity contribution is -0.132. The van der Waals surface area contributed by atoms with Gasteiger partial charge < -0.3 is 15.2 Å². The maximum absolute atomic E-state index is 12.2. The second-order valence-electron chi connectivity index (χ2n) is 4.98. The van der Waals surface area contributed by atoms with Gasteiger partial charge in [0.15, 0.2) is 0 Å². The second kappa shape index (κ2) is 6.43. The summed E-state index contributed by atoms with van der Waals surface area (Å²) in [7, 11) is 0. The second-order valence-corrected chi connectivity index (χ2v) is 4.98. The quantitative estimate of drug-likeness (QED) is 0.885. The summed E-state index contributed by atoms with van der Waals surface area (Å²) in [5.74, 6) is -0.330. The van der Waals surface area contributed by atoms with E-state index >= 15 is 0 Å². The Bertz CT molecular complexity index is 611. The van der Waals surface area contributed by atoms with E-state index in [1.165, 1.54) is 0 Å². The van der Waals surface area contributed by atoms with Crippen molar-refractivity contribution in [3.8, 4) is 0 Å². The number of hydrogen-bond donors (Lipinski definition) is 2. The summed E-state index contributed by atoms with van der Waals surface area (Å²) >= 11 is 0. The molecule has 2 N–H and O–H groups in total. The van der Waals surface area contributed by atoms with Crippen LogP contribution < -0.4 is 5.32 Å². The summed E-state index contributed by atoms with van der Waals surface area (Å²) in [5, 5.41) is 3.72. The Morgan fingerprint density at radius 2 is 1.90 bits per heavy atom. The van der Waals surface area contributed by atoms with Crippen LogP contribution in [0.4, 0.5) is 0 Å². The van der Waals surface area contributed by atoms with Crippen LogP contribution in [0.25, 0.3) is 10.9 Å². The number of amides is 2. The van der Waals surface area contributed by atoms with Crippen molar-refractivity contribution in [3.63, 3.8) is 0 Å². The SMILES string of the molecule is CCN(CC)C(=O)C(C)NC(=O)c1cc2ccccc2[nH]1. The standard InChI is InChI=1S/C16H21N3O2/c1-4-19(5-2)16(21)11(3)17-15(20)14-10-12-8-6-7-9-13(12)18-14/h6-11,18H,4-5H2,1-3H3,(H,17,20). The normalized spacial score (nSPS) is 12.1. The highest BCUT2D eigenvalue weighted by Gasteiger charge is 2.21. The summed E-state index contributed by atoms with van der Waals surface area (Å²) in [6.45, 7) is 6.84. The molecule has 2 aromatic rings. The van der Waals surface area contributed by atoms with Crippen molar-refractivity contribution in [1.29, 1.82) is 0 Å². The summed E-state index contributed by atoms with van der Waals surface area (Å²) in [6, 6.07) is 8.93. The molecule has 2 rings (SSSR count). The van der Waals surface area contributed by atoms with E-state index < -0.39 is 6.04 Å². The van der Waals surface area contributed by atoms with Crippen LogP contribution in [0.2, 0.25) is 0 Å². The Labute approximate surface area is 124 Å². The summed E-state index contributed by atoms with van der Waals surface area (Å²) < 4.78 is 0. The van der Waals surface area contributed by atoms with Gasteiger partial charge in [-0.15, -0.1) is 0 Å². The molecular weight excluding hydrogens is 266 g/mol. The number of aromatic nitrogens is 1. The average Bonchev–Trinajstić information content (AvgIpc) is 2.92. The predicted octanol–water partition coefficient (Wildman–Crippen LogP) is 2.15. The van der Waals surface area contributed by atoms with Gasteiger partial charge in [0, 0.05) is 24.0 Å². The Morgan fingerprint density at radius 3 is 2.52 bits per heavy atom. The van der Waals surface area contributed by atoms with E-state index in [0.29, 0.717) is 18.8 Å². The predicted molar refractivity (Wildman–Crippen MR) is 83.2 cm³/mol. The van der Waals surface area contributed by atoms with Crippen LogP contribution in [0.5, 0.6) is 0 Å². The molecule has 5 nitrogen and oxygen atoms in total. The lowest BCUT2D eigenvalue weighted by Gasteiger charge is -2.23. The molecule has 1 aromatic heterocycles. The first-order valence-electron chi connectivity index (χ1n) is 7.24. The smallest absolute Gasteiger partial charge is 0.268 e. The van der Waals surface area contributed by atoms with Crippen LogP contribution in [-0.2, 0) is 4.79 Å². The number of benzene rings is 1. The lowest BCUT2D eigenvalue weighted by Crippen LogP contribution is -2.46. The van der Waals surface area contributed by atoms with Crippen LogP contribution in [0, 0.1) is 0 Å². The average molecular weight is 287 g/mol. The molecule has 2 amide bonds. The molecule has 21 heavy (non-hydrogen) atoms.